The molecule has 1 aliphatic heterocycles. The monoisotopic (exact) mass is 356 g/mol. The quantitative estimate of drug-likeness (QED) is 0.283. The predicted octanol–water partition coefficient (Wildman–Crippen LogP) is -2.50. The van der Waals surface area contributed by atoms with E-state index in [1.807, 2.05) is 13.8 Å². The minimum atomic E-state index is -3.88. The number of amides is 2. The van der Waals surface area contributed by atoms with Crippen LogP contribution in [0, 0.1) is 11.3 Å². The van der Waals surface area contributed by atoms with Crippen molar-refractivity contribution in [2.24, 2.45) is 16.3 Å². The Morgan fingerprint density at radius 2 is 1.91 bits per heavy atom. The molecule has 2 unspecified atom stereocenters. The summed E-state index contributed by atoms with van der Waals surface area (Å²) in [5.41, 5.74) is -1.15. The van der Waals surface area contributed by atoms with Crippen LogP contribution in [-0.4, -0.2) is 27.6 Å². The van der Waals surface area contributed by atoms with E-state index in [0.29, 0.717) is 12.2 Å². The first-order chi connectivity index (χ1) is 10.0. The molecule has 0 radical (unpaired) electrons. The number of nitrogens with zero attached hydrogens (tertiary/aromatic N) is 1. The van der Waals surface area contributed by atoms with Crippen molar-refractivity contribution in [3.05, 3.63) is 12.4 Å². The molecule has 0 bridgehead atoms. The van der Waals surface area contributed by atoms with E-state index in [1.165, 1.54) is 0 Å². The second-order valence-corrected chi connectivity index (χ2v) is 6.51. The van der Waals surface area contributed by atoms with Crippen LogP contribution in [0.5, 0.6) is 0 Å². The van der Waals surface area contributed by atoms with Crippen LogP contribution in [0.3, 0.4) is 0 Å². The van der Waals surface area contributed by atoms with E-state index in [1.54, 1.807) is 6.92 Å². The standard InChI is InChI=1S/C11H18N2O3.C2H5O3P.Na/c1-4-6-7(3)11(5-2)8(14)12-10(16)13-9(11)15;1-2-6(3,4)5;/h7H,4-6H2,1-3H3,(H2,12,13,14,15,16);2H,1H2,(H2,3,4,5);/q;;+1/p-1. The number of hydrogen-bond donors (Lipinski definition) is 3. The summed E-state index contributed by atoms with van der Waals surface area (Å²) in [6.45, 7) is 8.49. The third kappa shape index (κ3) is 6.87. The Hall–Kier alpha value is -0.500. The van der Waals surface area contributed by atoms with Gasteiger partial charge in [-0.3, -0.25) is 14.2 Å². The summed E-state index contributed by atoms with van der Waals surface area (Å²) in [6.07, 6.45) is 2.02. The third-order valence-corrected chi connectivity index (χ3v) is 4.04. The van der Waals surface area contributed by atoms with Crippen molar-refractivity contribution in [3.8, 4) is 0 Å². The van der Waals surface area contributed by atoms with E-state index in [2.05, 4.69) is 16.9 Å². The van der Waals surface area contributed by atoms with Crippen molar-refractivity contribution in [1.82, 2.24) is 5.32 Å². The molecule has 1 rings (SSSR count). The van der Waals surface area contributed by atoms with E-state index in [0.717, 1.165) is 12.8 Å². The molecule has 10 heteroatoms. The van der Waals surface area contributed by atoms with Gasteiger partial charge in [0.1, 0.15) is 5.41 Å². The molecule has 0 aliphatic carbocycles. The summed E-state index contributed by atoms with van der Waals surface area (Å²) in [4.78, 5) is 42.7. The molecule has 1 heterocycles. The number of carbonyl (C=O) groups is 2. The minimum absolute atomic E-state index is 0. The van der Waals surface area contributed by atoms with Crippen LogP contribution in [-0.2, 0) is 14.2 Å². The Kier molecular flexibility index (Phi) is 11.2. The SMILES string of the molecule is C=CP(=O)(O)O.CCCC(C)C1(CC)C(=O)N=C([O-])NC1=O.[Na+]. The van der Waals surface area contributed by atoms with Gasteiger partial charge in [0, 0.05) is 5.82 Å². The number of aliphatic imine (C=N–C) groups is 1. The van der Waals surface area contributed by atoms with Crippen LogP contribution in [0.4, 0.5) is 0 Å². The molecule has 2 atom stereocenters. The maximum absolute atomic E-state index is 11.9. The van der Waals surface area contributed by atoms with Crippen LogP contribution in [0.25, 0.3) is 0 Å². The zero-order chi connectivity index (χ0) is 17.6. The second-order valence-electron chi connectivity index (χ2n) is 4.96. The van der Waals surface area contributed by atoms with Gasteiger partial charge < -0.3 is 20.2 Å². The fourth-order valence-corrected chi connectivity index (χ4v) is 2.30. The van der Waals surface area contributed by atoms with E-state index in [-0.39, 0.29) is 35.5 Å². The maximum Gasteiger partial charge on any atom is 1.00 e. The summed E-state index contributed by atoms with van der Waals surface area (Å²) in [6, 6.07) is -0.845. The van der Waals surface area contributed by atoms with Crippen molar-refractivity contribution in [2.75, 3.05) is 0 Å². The average Bonchev–Trinajstić information content (AvgIpc) is 2.39. The molecule has 8 nitrogen and oxygen atoms in total. The van der Waals surface area contributed by atoms with Crippen molar-refractivity contribution < 1.29 is 58.6 Å². The predicted molar refractivity (Wildman–Crippen MR) is 79.6 cm³/mol. The van der Waals surface area contributed by atoms with Gasteiger partial charge in [-0.25, -0.2) is 4.99 Å². The van der Waals surface area contributed by atoms with E-state index in [9.17, 15) is 19.3 Å². The Labute approximate surface area is 157 Å². The average molecular weight is 356 g/mol. The van der Waals surface area contributed by atoms with Gasteiger partial charge in [-0.2, -0.15) is 0 Å². The summed E-state index contributed by atoms with van der Waals surface area (Å²) in [5.74, 6) is -0.593. The van der Waals surface area contributed by atoms with Gasteiger partial charge in [-0.15, -0.1) is 0 Å². The van der Waals surface area contributed by atoms with Crippen LogP contribution in [0.1, 0.15) is 40.0 Å². The van der Waals surface area contributed by atoms with Crippen molar-refractivity contribution in [3.63, 3.8) is 0 Å². The number of amidine groups is 1. The molecule has 0 aromatic heterocycles. The van der Waals surface area contributed by atoms with Gasteiger partial charge in [0.05, 0.1) is 6.02 Å². The molecular weight excluding hydrogens is 334 g/mol. The Morgan fingerprint density at radius 3 is 2.22 bits per heavy atom. The largest absolute Gasteiger partial charge is 1.00 e. The van der Waals surface area contributed by atoms with Gasteiger partial charge in [0.25, 0.3) is 5.91 Å². The van der Waals surface area contributed by atoms with E-state index < -0.39 is 30.8 Å². The summed E-state index contributed by atoms with van der Waals surface area (Å²) < 4.78 is 9.58. The molecule has 0 fully saturated rings. The minimum Gasteiger partial charge on any atom is -0.846 e. The molecule has 0 saturated heterocycles. The molecule has 0 aromatic carbocycles. The fourth-order valence-electron chi connectivity index (χ4n) is 2.30. The number of rotatable bonds is 5. The second kappa shape index (κ2) is 10.4. The van der Waals surface area contributed by atoms with Gasteiger partial charge in [-0.05, 0) is 18.8 Å². The molecule has 0 saturated carbocycles. The number of nitrogens with one attached hydrogen (secondary N) is 1. The summed E-state index contributed by atoms with van der Waals surface area (Å²) in [5, 5.41) is 13.1. The molecular formula is C13H22N2NaO6P. The van der Waals surface area contributed by atoms with Crippen molar-refractivity contribution >= 4 is 25.4 Å². The molecule has 23 heavy (non-hydrogen) atoms. The molecule has 1 aliphatic rings. The van der Waals surface area contributed by atoms with Crippen LogP contribution in [0.2, 0.25) is 0 Å². The third-order valence-electron chi connectivity index (χ3n) is 3.57. The van der Waals surface area contributed by atoms with Crippen molar-refractivity contribution in [1.29, 1.82) is 0 Å². The zero-order valence-corrected chi connectivity index (χ0v) is 16.8. The van der Waals surface area contributed by atoms with Crippen LogP contribution >= 0.6 is 7.60 Å². The Morgan fingerprint density at radius 1 is 1.43 bits per heavy atom. The first kappa shape index (κ1) is 24.7. The number of carbonyl (C=O) groups excluding carboxylic acids is 2. The Balaban J connectivity index is 0. The van der Waals surface area contributed by atoms with Gasteiger partial charge >= 0.3 is 37.2 Å². The molecule has 126 valence electrons. The maximum atomic E-state index is 11.9. The van der Waals surface area contributed by atoms with Crippen LogP contribution < -0.4 is 40.0 Å². The Bertz CT molecular complexity index is 519. The van der Waals surface area contributed by atoms with Gasteiger partial charge in [0.15, 0.2) is 0 Å². The van der Waals surface area contributed by atoms with Gasteiger partial charge in [0.2, 0.25) is 5.91 Å². The van der Waals surface area contributed by atoms with Gasteiger partial charge in [-0.1, -0.05) is 33.8 Å². The topological polar surface area (TPSA) is 139 Å². The zero-order valence-electron chi connectivity index (χ0n) is 13.9. The molecule has 0 spiro atoms. The molecule has 3 N–H and O–H groups in total. The number of hydrogen-bond acceptors (Lipinski definition) is 4. The van der Waals surface area contributed by atoms with Crippen molar-refractivity contribution in [2.45, 2.75) is 40.0 Å². The first-order valence-electron chi connectivity index (χ1n) is 6.85. The fraction of sp³-hybridized carbons (Fsp3) is 0.615. The molecule has 2 amide bonds. The van der Waals surface area contributed by atoms with E-state index in [4.69, 9.17) is 9.79 Å². The first-order valence-corrected chi connectivity index (χ1v) is 8.53. The van der Waals surface area contributed by atoms with E-state index >= 15 is 0 Å². The molecule has 0 aromatic rings. The normalized spacial score (nSPS) is 21.9. The smallest absolute Gasteiger partial charge is 0.846 e. The summed E-state index contributed by atoms with van der Waals surface area (Å²) >= 11 is 0. The summed E-state index contributed by atoms with van der Waals surface area (Å²) in [7, 11) is -3.88. The van der Waals surface area contributed by atoms with Crippen LogP contribution in [0.15, 0.2) is 17.4 Å².